The molecule has 0 saturated carbocycles. The van der Waals surface area contributed by atoms with Crippen LogP contribution in [0.25, 0.3) is 11.0 Å². The predicted molar refractivity (Wildman–Crippen MR) is 123 cm³/mol. The third-order valence-corrected chi connectivity index (χ3v) is 5.91. The summed E-state index contributed by atoms with van der Waals surface area (Å²) in [4.78, 5) is 14.9. The van der Waals surface area contributed by atoms with E-state index in [0.29, 0.717) is 24.3 Å². The number of nitrogens with one attached hydrogen (secondary N) is 1. The second kappa shape index (κ2) is 9.57. The van der Waals surface area contributed by atoms with E-state index >= 15 is 0 Å². The fraction of sp³-hybridized carbons (Fsp3) is 0.273. The van der Waals surface area contributed by atoms with Crippen LogP contribution in [0.2, 0.25) is 0 Å². The van der Waals surface area contributed by atoms with Crippen LogP contribution in [0.3, 0.4) is 0 Å². The minimum absolute atomic E-state index is 0.123. The lowest BCUT2D eigenvalue weighted by atomic mass is 10.1. The minimum atomic E-state index is -0.431. The minimum Gasteiger partial charge on any atom is -0.375 e. The van der Waals surface area contributed by atoms with Gasteiger partial charge in [-0.1, -0.05) is 49.7 Å². The van der Waals surface area contributed by atoms with E-state index in [2.05, 4.69) is 33.5 Å². The van der Waals surface area contributed by atoms with Crippen LogP contribution in [0.5, 0.6) is 0 Å². The van der Waals surface area contributed by atoms with Crippen LogP contribution in [0.1, 0.15) is 30.2 Å². The maximum atomic E-state index is 11.9. The molecule has 2 aromatic carbocycles. The molecular formula is C22H23N5O3S. The summed E-state index contributed by atoms with van der Waals surface area (Å²) in [7, 11) is 0. The second-order valence-corrected chi connectivity index (χ2v) is 8.24. The lowest BCUT2D eigenvalue weighted by molar-refractivity contribution is -0.382. The monoisotopic (exact) mass is 437 g/mol. The molecule has 0 aliphatic heterocycles. The lowest BCUT2D eigenvalue weighted by Gasteiger charge is -2.25. The summed E-state index contributed by atoms with van der Waals surface area (Å²) >= 11 is 1.68. The Kier molecular flexibility index (Phi) is 6.42. The van der Waals surface area contributed by atoms with Crippen molar-refractivity contribution < 1.29 is 9.55 Å². The maximum Gasteiger partial charge on any atom is 0.323 e. The van der Waals surface area contributed by atoms with Gasteiger partial charge in [-0.15, -0.1) is 11.3 Å². The molecule has 160 valence electrons. The van der Waals surface area contributed by atoms with Gasteiger partial charge in [-0.2, -0.15) is 0 Å². The maximum absolute atomic E-state index is 11.9. The van der Waals surface area contributed by atoms with Crippen molar-refractivity contribution in [2.24, 2.45) is 0 Å². The predicted octanol–water partition coefficient (Wildman–Crippen LogP) is 5.61. The Bertz CT molecular complexity index is 1140. The highest BCUT2D eigenvalue weighted by Gasteiger charge is 2.28. The van der Waals surface area contributed by atoms with Gasteiger partial charge in [-0.25, -0.2) is 4.63 Å². The molecule has 0 atom stereocenters. The van der Waals surface area contributed by atoms with Crippen molar-refractivity contribution in [3.8, 4) is 0 Å². The Labute approximate surface area is 183 Å². The number of fused-ring (bicyclic) bond motifs is 1. The standard InChI is InChI=1S/C22H23N5O3S/c1-2-3-11-26(15-17-10-7-12-31-17)19-13-18(23-14-16-8-5-4-6-9-16)22(27(28)29)21-20(19)24-30-25-21/h4-10,12-13,23H,2-3,11,14-15H2,1H3. The first-order valence-corrected chi connectivity index (χ1v) is 11.0. The number of nitro benzene ring substituents is 1. The van der Waals surface area contributed by atoms with Gasteiger partial charge in [-0.05, 0) is 39.8 Å². The smallest absolute Gasteiger partial charge is 0.323 e. The number of aromatic nitrogens is 2. The van der Waals surface area contributed by atoms with Crippen LogP contribution in [0.4, 0.5) is 17.1 Å². The van der Waals surface area contributed by atoms with E-state index in [-0.39, 0.29) is 11.2 Å². The molecule has 8 nitrogen and oxygen atoms in total. The van der Waals surface area contributed by atoms with Crippen molar-refractivity contribution in [3.05, 3.63) is 74.5 Å². The summed E-state index contributed by atoms with van der Waals surface area (Å²) < 4.78 is 4.95. The van der Waals surface area contributed by atoms with Crippen LogP contribution in [0.15, 0.2) is 58.5 Å². The highest BCUT2D eigenvalue weighted by Crippen LogP contribution is 2.39. The van der Waals surface area contributed by atoms with Gasteiger partial charge in [0.1, 0.15) is 5.69 Å². The van der Waals surface area contributed by atoms with Gasteiger partial charge >= 0.3 is 5.69 Å². The highest BCUT2D eigenvalue weighted by atomic mass is 32.1. The number of unbranched alkanes of at least 4 members (excludes halogenated alkanes) is 1. The van der Waals surface area contributed by atoms with Gasteiger partial charge in [-0.3, -0.25) is 10.1 Å². The molecule has 2 aromatic heterocycles. The molecule has 9 heteroatoms. The molecule has 0 spiro atoms. The normalized spacial score (nSPS) is 11.0. The van der Waals surface area contributed by atoms with Gasteiger partial charge in [0.2, 0.25) is 5.52 Å². The van der Waals surface area contributed by atoms with Gasteiger partial charge in [0.25, 0.3) is 0 Å². The number of nitro groups is 1. The number of thiophene rings is 1. The van der Waals surface area contributed by atoms with E-state index in [9.17, 15) is 10.1 Å². The number of nitrogens with zero attached hydrogens (tertiary/aromatic N) is 4. The first kappa shape index (κ1) is 20.8. The summed E-state index contributed by atoms with van der Waals surface area (Å²) in [5, 5.41) is 25.1. The van der Waals surface area contributed by atoms with E-state index < -0.39 is 4.92 Å². The number of hydrogen-bond acceptors (Lipinski definition) is 8. The molecule has 0 aliphatic rings. The van der Waals surface area contributed by atoms with Gasteiger partial charge in [0, 0.05) is 18.0 Å². The topological polar surface area (TPSA) is 97.3 Å². The third-order valence-electron chi connectivity index (χ3n) is 5.05. The Morgan fingerprint density at radius 1 is 1.16 bits per heavy atom. The van der Waals surface area contributed by atoms with Crippen LogP contribution in [-0.2, 0) is 13.1 Å². The summed E-state index contributed by atoms with van der Waals surface area (Å²) in [6.45, 7) is 4.08. The SMILES string of the molecule is CCCCN(Cc1cccs1)c1cc(NCc2ccccc2)c([N+](=O)[O-])c2nonc12. The van der Waals surface area contributed by atoms with Crippen LogP contribution >= 0.6 is 11.3 Å². The zero-order valence-corrected chi connectivity index (χ0v) is 18.0. The molecule has 2 heterocycles. The zero-order chi connectivity index (χ0) is 21.6. The number of hydrogen-bond donors (Lipinski definition) is 1. The summed E-state index contributed by atoms with van der Waals surface area (Å²) in [6.07, 6.45) is 2.02. The number of anilines is 2. The van der Waals surface area contributed by atoms with E-state index in [1.54, 1.807) is 17.4 Å². The lowest BCUT2D eigenvalue weighted by Crippen LogP contribution is -2.24. The molecule has 0 radical (unpaired) electrons. The quantitative estimate of drug-likeness (QED) is 0.254. The molecular weight excluding hydrogens is 414 g/mol. The van der Waals surface area contributed by atoms with Crippen molar-refractivity contribution in [2.45, 2.75) is 32.9 Å². The van der Waals surface area contributed by atoms with Crippen LogP contribution in [-0.4, -0.2) is 21.8 Å². The molecule has 4 aromatic rings. The Morgan fingerprint density at radius 3 is 2.68 bits per heavy atom. The van der Waals surface area contributed by atoms with Crippen molar-refractivity contribution in [2.75, 3.05) is 16.8 Å². The fourth-order valence-electron chi connectivity index (χ4n) is 3.49. The Balaban J connectivity index is 1.76. The van der Waals surface area contributed by atoms with Gasteiger partial charge < -0.3 is 10.2 Å². The molecule has 0 aliphatic carbocycles. The molecule has 0 bridgehead atoms. The van der Waals surface area contributed by atoms with E-state index in [1.165, 1.54) is 4.88 Å². The van der Waals surface area contributed by atoms with Crippen molar-refractivity contribution in [3.63, 3.8) is 0 Å². The second-order valence-electron chi connectivity index (χ2n) is 7.20. The van der Waals surface area contributed by atoms with Gasteiger partial charge in [0.05, 0.1) is 17.2 Å². The largest absolute Gasteiger partial charge is 0.375 e. The summed E-state index contributed by atoms with van der Waals surface area (Å²) in [5.74, 6) is 0. The molecule has 1 N–H and O–H groups in total. The molecule has 0 fully saturated rings. The molecule has 0 amide bonds. The molecule has 0 saturated heterocycles. The molecule has 4 rings (SSSR count). The summed E-state index contributed by atoms with van der Waals surface area (Å²) in [6, 6.07) is 15.7. The average molecular weight is 438 g/mol. The van der Waals surface area contributed by atoms with E-state index in [0.717, 1.165) is 30.6 Å². The fourth-order valence-corrected chi connectivity index (χ4v) is 4.21. The zero-order valence-electron chi connectivity index (χ0n) is 17.2. The van der Waals surface area contributed by atoms with Crippen LogP contribution < -0.4 is 10.2 Å². The first-order valence-electron chi connectivity index (χ1n) is 10.2. The van der Waals surface area contributed by atoms with Gasteiger partial charge in [0.15, 0.2) is 5.52 Å². The van der Waals surface area contributed by atoms with Crippen molar-refractivity contribution >= 4 is 39.4 Å². The van der Waals surface area contributed by atoms with Crippen LogP contribution in [0, 0.1) is 10.1 Å². The Hall–Kier alpha value is -3.46. The van der Waals surface area contributed by atoms with E-state index in [1.807, 2.05) is 41.8 Å². The summed E-state index contributed by atoms with van der Waals surface area (Å²) in [5.41, 5.74) is 2.65. The Morgan fingerprint density at radius 2 is 1.97 bits per heavy atom. The third kappa shape index (κ3) is 4.66. The first-order chi connectivity index (χ1) is 15.2. The van der Waals surface area contributed by atoms with Crippen molar-refractivity contribution in [1.82, 2.24) is 10.3 Å². The molecule has 31 heavy (non-hydrogen) atoms. The van der Waals surface area contributed by atoms with E-state index in [4.69, 9.17) is 4.63 Å². The highest BCUT2D eigenvalue weighted by molar-refractivity contribution is 7.09. The average Bonchev–Trinajstić information content (AvgIpc) is 3.47. The van der Waals surface area contributed by atoms with Crippen molar-refractivity contribution in [1.29, 1.82) is 0 Å². The number of rotatable bonds is 10. The molecule has 0 unspecified atom stereocenters. The number of benzene rings is 2.